The predicted octanol–water partition coefficient (Wildman–Crippen LogP) is 3.17. The van der Waals surface area contributed by atoms with Gasteiger partial charge in [0.2, 0.25) is 5.91 Å². The van der Waals surface area contributed by atoms with Crippen LogP contribution < -0.4 is 5.43 Å². The molecule has 3 aromatic rings. The monoisotopic (exact) mass is 361 g/mol. The van der Waals surface area contributed by atoms with Crippen molar-refractivity contribution in [3.63, 3.8) is 0 Å². The van der Waals surface area contributed by atoms with Crippen LogP contribution >= 0.6 is 0 Å². The molecule has 1 amide bonds. The molecule has 0 saturated carbocycles. The molecule has 0 radical (unpaired) electrons. The number of rotatable bonds is 5. The van der Waals surface area contributed by atoms with Gasteiger partial charge in [-0.15, -0.1) is 0 Å². The van der Waals surface area contributed by atoms with E-state index in [0.717, 1.165) is 60.0 Å². The second kappa shape index (κ2) is 8.29. The van der Waals surface area contributed by atoms with Gasteiger partial charge in [0.1, 0.15) is 0 Å². The predicted molar refractivity (Wildman–Crippen MR) is 109 cm³/mol. The maximum absolute atomic E-state index is 12.1. The molecule has 4 rings (SSSR count). The van der Waals surface area contributed by atoms with Gasteiger partial charge in [0.15, 0.2) is 0 Å². The molecule has 5 nitrogen and oxygen atoms in total. The van der Waals surface area contributed by atoms with E-state index in [4.69, 9.17) is 4.74 Å². The van der Waals surface area contributed by atoms with Crippen LogP contribution in [0.5, 0.6) is 0 Å². The van der Waals surface area contributed by atoms with Crippen molar-refractivity contribution in [1.82, 2.24) is 10.3 Å². The zero-order valence-electron chi connectivity index (χ0n) is 15.2. The molecule has 1 fully saturated rings. The first-order valence-corrected chi connectivity index (χ1v) is 9.34. The molecular formula is C22H23N3O2. The summed E-state index contributed by atoms with van der Waals surface area (Å²) in [5.74, 6) is -0.0673. The summed E-state index contributed by atoms with van der Waals surface area (Å²) in [7, 11) is 0. The number of nitrogens with one attached hydrogen (secondary N) is 1. The molecule has 27 heavy (non-hydrogen) atoms. The number of fused-ring (bicyclic) bond motifs is 2. The minimum atomic E-state index is -0.0673. The number of nitrogens with zero attached hydrogens (tertiary/aromatic N) is 2. The van der Waals surface area contributed by atoms with Gasteiger partial charge in [0.05, 0.1) is 19.4 Å². The Bertz CT molecular complexity index is 924. The zero-order chi connectivity index (χ0) is 18.5. The summed E-state index contributed by atoms with van der Waals surface area (Å²) in [4.78, 5) is 14.4. The topological polar surface area (TPSA) is 53.9 Å². The van der Waals surface area contributed by atoms with Crippen LogP contribution in [-0.2, 0) is 9.53 Å². The minimum absolute atomic E-state index is 0.0673. The van der Waals surface area contributed by atoms with Gasteiger partial charge in [-0.2, -0.15) is 5.10 Å². The fraction of sp³-hybridized carbons (Fsp3) is 0.273. The van der Waals surface area contributed by atoms with Crippen LogP contribution in [0.25, 0.3) is 21.5 Å². The molecule has 1 aliphatic rings. The summed E-state index contributed by atoms with van der Waals surface area (Å²) in [5.41, 5.74) is 3.70. The first-order valence-electron chi connectivity index (χ1n) is 9.34. The van der Waals surface area contributed by atoms with Crippen LogP contribution in [0.3, 0.4) is 0 Å². The van der Waals surface area contributed by atoms with Crippen molar-refractivity contribution in [2.75, 3.05) is 32.8 Å². The Morgan fingerprint density at radius 1 is 1.04 bits per heavy atom. The third kappa shape index (κ3) is 4.15. The highest BCUT2D eigenvalue weighted by molar-refractivity contribution is 6.13. The molecule has 1 heterocycles. The molecule has 1 saturated heterocycles. The molecule has 0 bridgehead atoms. The molecule has 0 spiro atoms. The van der Waals surface area contributed by atoms with Gasteiger partial charge in [-0.1, -0.05) is 48.5 Å². The highest BCUT2D eigenvalue weighted by atomic mass is 16.5. The summed E-state index contributed by atoms with van der Waals surface area (Å²) in [5, 5.41) is 8.82. The fourth-order valence-electron chi connectivity index (χ4n) is 3.50. The number of carbonyl (C=O) groups is 1. The number of amides is 1. The first-order chi connectivity index (χ1) is 13.3. The lowest BCUT2D eigenvalue weighted by Gasteiger charge is -2.25. The van der Waals surface area contributed by atoms with Gasteiger partial charge in [0.25, 0.3) is 0 Å². The molecule has 0 aliphatic carbocycles. The third-order valence-corrected chi connectivity index (χ3v) is 4.95. The summed E-state index contributed by atoms with van der Waals surface area (Å²) < 4.78 is 5.32. The van der Waals surface area contributed by atoms with E-state index >= 15 is 0 Å². The average molecular weight is 361 g/mol. The van der Waals surface area contributed by atoms with E-state index in [9.17, 15) is 4.79 Å². The lowest BCUT2D eigenvalue weighted by molar-refractivity contribution is -0.121. The van der Waals surface area contributed by atoms with Crippen LogP contribution in [0.4, 0.5) is 0 Å². The molecule has 0 atom stereocenters. The number of ether oxygens (including phenoxy) is 1. The number of morpholine rings is 1. The second-order valence-corrected chi connectivity index (χ2v) is 6.73. The Balaban J connectivity index is 1.49. The van der Waals surface area contributed by atoms with Crippen molar-refractivity contribution >= 4 is 33.7 Å². The Hall–Kier alpha value is -2.76. The molecule has 0 aromatic heterocycles. The lowest BCUT2D eigenvalue weighted by Crippen LogP contribution is -2.38. The van der Waals surface area contributed by atoms with E-state index < -0.39 is 0 Å². The van der Waals surface area contributed by atoms with Crippen molar-refractivity contribution in [2.45, 2.75) is 6.42 Å². The van der Waals surface area contributed by atoms with E-state index in [0.29, 0.717) is 6.42 Å². The zero-order valence-corrected chi connectivity index (χ0v) is 15.2. The standard InChI is InChI=1S/C22H23N3O2/c26-22(9-10-25-11-13-27-14-12-25)24-23-16-21-19-7-3-1-5-17(19)15-18-6-2-4-8-20(18)21/h1-8,15-16H,9-14H2,(H,24,26)/b23-16+. The number of hydrazone groups is 1. The minimum Gasteiger partial charge on any atom is -0.379 e. The van der Waals surface area contributed by atoms with Gasteiger partial charge in [-0.25, -0.2) is 5.43 Å². The number of carbonyl (C=O) groups excluding carboxylic acids is 1. The highest BCUT2D eigenvalue weighted by Gasteiger charge is 2.11. The quantitative estimate of drug-likeness (QED) is 0.431. The van der Waals surface area contributed by atoms with Crippen LogP contribution in [0, 0.1) is 0 Å². The second-order valence-electron chi connectivity index (χ2n) is 6.73. The molecule has 1 N–H and O–H groups in total. The van der Waals surface area contributed by atoms with Crippen LogP contribution in [0.15, 0.2) is 59.7 Å². The van der Waals surface area contributed by atoms with E-state index in [1.807, 2.05) is 24.3 Å². The van der Waals surface area contributed by atoms with Crippen molar-refractivity contribution in [1.29, 1.82) is 0 Å². The number of benzene rings is 3. The third-order valence-electron chi connectivity index (χ3n) is 4.95. The van der Waals surface area contributed by atoms with Crippen LogP contribution in [-0.4, -0.2) is 49.9 Å². The van der Waals surface area contributed by atoms with Gasteiger partial charge in [-0.3, -0.25) is 9.69 Å². The Labute approximate surface area is 158 Å². The van der Waals surface area contributed by atoms with Crippen LogP contribution in [0.2, 0.25) is 0 Å². The summed E-state index contributed by atoms with van der Waals surface area (Å²) >= 11 is 0. The molecule has 1 aliphatic heterocycles. The van der Waals surface area contributed by atoms with Crippen molar-refractivity contribution in [2.24, 2.45) is 5.10 Å². The smallest absolute Gasteiger partial charge is 0.241 e. The molecular weight excluding hydrogens is 338 g/mol. The molecule has 138 valence electrons. The van der Waals surface area contributed by atoms with E-state index in [1.54, 1.807) is 6.21 Å². The number of hydrogen-bond acceptors (Lipinski definition) is 4. The summed E-state index contributed by atoms with van der Waals surface area (Å²) in [6.07, 6.45) is 2.20. The molecule has 3 aromatic carbocycles. The van der Waals surface area contributed by atoms with Gasteiger partial charge in [0, 0.05) is 31.6 Å². The van der Waals surface area contributed by atoms with E-state index in [2.05, 4.69) is 45.8 Å². The molecule has 0 unspecified atom stereocenters. The highest BCUT2D eigenvalue weighted by Crippen LogP contribution is 2.27. The van der Waals surface area contributed by atoms with Crippen LogP contribution in [0.1, 0.15) is 12.0 Å². The lowest BCUT2D eigenvalue weighted by atomic mass is 9.97. The van der Waals surface area contributed by atoms with Crippen molar-refractivity contribution in [3.8, 4) is 0 Å². The maximum Gasteiger partial charge on any atom is 0.241 e. The summed E-state index contributed by atoms with van der Waals surface area (Å²) in [6.45, 7) is 4.00. The largest absolute Gasteiger partial charge is 0.379 e. The normalized spacial score (nSPS) is 15.6. The Morgan fingerprint density at radius 3 is 2.33 bits per heavy atom. The fourth-order valence-corrected chi connectivity index (χ4v) is 3.50. The van der Waals surface area contributed by atoms with Gasteiger partial charge in [-0.05, 0) is 27.6 Å². The van der Waals surface area contributed by atoms with Crippen molar-refractivity contribution in [3.05, 3.63) is 60.2 Å². The van der Waals surface area contributed by atoms with E-state index in [-0.39, 0.29) is 5.91 Å². The molecule has 5 heteroatoms. The van der Waals surface area contributed by atoms with Crippen molar-refractivity contribution < 1.29 is 9.53 Å². The Kier molecular flexibility index (Phi) is 5.42. The SMILES string of the molecule is O=C(CCN1CCOCC1)N/N=C/c1c2ccccc2cc2ccccc12. The number of hydrogen-bond donors (Lipinski definition) is 1. The van der Waals surface area contributed by atoms with Gasteiger partial charge >= 0.3 is 0 Å². The Morgan fingerprint density at radius 2 is 1.67 bits per heavy atom. The first kappa shape index (κ1) is 17.6. The maximum atomic E-state index is 12.1. The van der Waals surface area contributed by atoms with Gasteiger partial charge < -0.3 is 4.74 Å². The summed E-state index contributed by atoms with van der Waals surface area (Å²) in [6, 6.07) is 18.7. The van der Waals surface area contributed by atoms with E-state index in [1.165, 1.54) is 0 Å². The average Bonchev–Trinajstić information content (AvgIpc) is 2.72.